The zero-order valence-corrected chi connectivity index (χ0v) is 15.5. The van der Waals surface area contributed by atoms with Gasteiger partial charge < -0.3 is 9.80 Å². The maximum absolute atomic E-state index is 12.6. The van der Waals surface area contributed by atoms with Crippen LogP contribution < -0.4 is 15.2 Å². The quantitative estimate of drug-likeness (QED) is 0.560. The van der Waals surface area contributed by atoms with Gasteiger partial charge in [-0.3, -0.25) is 0 Å². The van der Waals surface area contributed by atoms with Crippen LogP contribution in [0.5, 0.6) is 0 Å². The number of fused-ring (bicyclic) bond motifs is 1. The molecule has 0 bridgehead atoms. The first-order chi connectivity index (χ1) is 11.3. The Bertz CT molecular complexity index is 788. The van der Waals surface area contributed by atoms with Crippen LogP contribution in [0.1, 0.15) is 6.42 Å². The lowest BCUT2D eigenvalue weighted by Crippen LogP contribution is -2.38. The average Bonchev–Trinajstić information content (AvgIpc) is 2.52. The molecule has 2 rings (SSSR count). The van der Waals surface area contributed by atoms with E-state index in [9.17, 15) is 8.42 Å². The molecule has 0 fully saturated rings. The monoisotopic (exact) mass is 350 g/mol. The van der Waals surface area contributed by atoms with Crippen molar-refractivity contribution in [3.63, 3.8) is 0 Å². The van der Waals surface area contributed by atoms with Gasteiger partial charge >= 0.3 is 0 Å². The Hall–Kier alpha value is -1.67. The molecule has 0 radical (unpaired) electrons. The van der Waals surface area contributed by atoms with Crippen LogP contribution in [-0.4, -0.2) is 54.6 Å². The number of hydrogen-bond donors (Lipinski definition) is 2. The number of hydrazine groups is 1. The van der Waals surface area contributed by atoms with E-state index in [-0.39, 0.29) is 4.90 Å². The molecule has 0 aliphatic heterocycles. The minimum atomic E-state index is -3.62. The predicted molar refractivity (Wildman–Crippen MR) is 99.8 cm³/mol. The lowest BCUT2D eigenvalue weighted by Gasteiger charge is -2.17. The highest BCUT2D eigenvalue weighted by atomic mass is 32.2. The van der Waals surface area contributed by atoms with Crippen molar-refractivity contribution in [1.82, 2.24) is 15.2 Å². The highest BCUT2D eigenvalue weighted by Gasteiger charge is 2.17. The van der Waals surface area contributed by atoms with E-state index in [1.165, 1.54) is 0 Å². The van der Waals surface area contributed by atoms with Gasteiger partial charge in [-0.1, -0.05) is 24.3 Å². The largest absolute Gasteiger partial charge is 0.377 e. The second-order valence-corrected chi connectivity index (χ2v) is 7.86. The lowest BCUT2D eigenvalue weighted by atomic mass is 10.1. The van der Waals surface area contributed by atoms with Crippen molar-refractivity contribution in [2.45, 2.75) is 11.3 Å². The summed E-state index contributed by atoms with van der Waals surface area (Å²) in [5.74, 6) is 0. The van der Waals surface area contributed by atoms with Crippen molar-refractivity contribution >= 4 is 26.5 Å². The molecule has 0 heterocycles. The first-order valence-electron chi connectivity index (χ1n) is 7.91. The molecule has 0 atom stereocenters. The number of anilines is 1. The second kappa shape index (κ2) is 7.94. The molecular weight excluding hydrogens is 324 g/mol. The van der Waals surface area contributed by atoms with Crippen LogP contribution in [0.3, 0.4) is 0 Å². The van der Waals surface area contributed by atoms with Crippen molar-refractivity contribution < 1.29 is 8.42 Å². The molecule has 0 saturated heterocycles. The minimum Gasteiger partial charge on any atom is -0.377 e. The van der Waals surface area contributed by atoms with E-state index in [0.29, 0.717) is 11.9 Å². The zero-order chi connectivity index (χ0) is 17.7. The van der Waals surface area contributed by atoms with Gasteiger partial charge in [0.1, 0.15) is 0 Å². The standard InChI is InChI=1S/C17H26N4O2S/c1-20(2)13-7-12-18-19-24(22,23)17-11-6-8-14-15(17)9-5-10-16(14)21(3)4/h5-6,8-11,18-19H,7,12-13H2,1-4H3. The van der Waals surface area contributed by atoms with Crippen molar-refractivity contribution in [2.75, 3.05) is 46.2 Å². The molecule has 6 nitrogen and oxygen atoms in total. The van der Waals surface area contributed by atoms with Gasteiger partial charge in [-0.25, -0.2) is 13.8 Å². The highest BCUT2D eigenvalue weighted by molar-refractivity contribution is 7.89. The number of sulfonamides is 1. The summed E-state index contributed by atoms with van der Waals surface area (Å²) < 4.78 is 25.3. The molecule has 0 spiro atoms. The molecule has 0 aromatic heterocycles. The highest BCUT2D eigenvalue weighted by Crippen LogP contribution is 2.29. The van der Waals surface area contributed by atoms with Gasteiger partial charge in [-0.15, -0.1) is 4.83 Å². The summed E-state index contributed by atoms with van der Waals surface area (Å²) in [6.45, 7) is 1.47. The molecule has 0 aliphatic rings. The van der Waals surface area contributed by atoms with Crippen LogP contribution >= 0.6 is 0 Å². The van der Waals surface area contributed by atoms with E-state index in [4.69, 9.17) is 0 Å². The predicted octanol–water partition coefficient (Wildman–Crippen LogP) is 1.64. The summed E-state index contributed by atoms with van der Waals surface area (Å²) in [7, 11) is 4.24. The number of nitrogens with zero attached hydrogens (tertiary/aromatic N) is 2. The van der Waals surface area contributed by atoms with Crippen LogP contribution in [0.25, 0.3) is 10.8 Å². The molecule has 24 heavy (non-hydrogen) atoms. The van der Waals surface area contributed by atoms with Gasteiger partial charge in [0.25, 0.3) is 10.0 Å². The molecule has 132 valence electrons. The minimum absolute atomic E-state index is 0.281. The SMILES string of the molecule is CN(C)CCCNNS(=O)(=O)c1cccc2c(N(C)C)cccc12. The molecule has 0 unspecified atom stereocenters. The van der Waals surface area contributed by atoms with Crippen LogP contribution in [0.15, 0.2) is 41.3 Å². The average molecular weight is 350 g/mol. The Kier molecular flexibility index (Phi) is 6.17. The Morgan fingerprint density at radius 1 is 0.958 bits per heavy atom. The number of benzene rings is 2. The van der Waals surface area contributed by atoms with Gasteiger partial charge in [0, 0.05) is 37.1 Å². The van der Waals surface area contributed by atoms with Crippen LogP contribution in [0.4, 0.5) is 5.69 Å². The summed E-state index contributed by atoms with van der Waals surface area (Å²) in [4.78, 5) is 6.80. The summed E-state index contributed by atoms with van der Waals surface area (Å²) in [5, 5.41) is 1.63. The first-order valence-corrected chi connectivity index (χ1v) is 9.40. The maximum atomic E-state index is 12.6. The maximum Gasteiger partial charge on any atom is 0.253 e. The number of rotatable bonds is 8. The molecule has 0 saturated carbocycles. The third-order valence-corrected chi connectivity index (χ3v) is 5.09. The van der Waals surface area contributed by atoms with Gasteiger partial charge in [0.2, 0.25) is 0 Å². The fourth-order valence-corrected chi connectivity index (χ4v) is 3.70. The van der Waals surface area contributed by atoms with Crippen molar-refractivity contribution in [3.05, 3.63) is 36.4 Å². The van der Waals surface area contributed by atoms with Crippen LogP contribution in [-0.2, 0) is 10.0 Å². The zero-order valence-electron chi connectivity index (χ0n) is 14.7. The summed E-state index contributed by atoms with van der Waals surface area (Å²) in [6, 6.07) is 11.0. The fraction of sp³-hybridized carbons (Fsp3) is 0.412. The lowest BCUT2D eigenvalue weighted by molar-refractivity contribution is 0.392. The summed E-state index contributed by atoms with van der Waals surface area (Å²) in [5.41, 5.74) is 3.80. The van der Waals surface area contributed by atoms with Gasteiger partial charge in [0.15, 0.2) is 0 Å². The molecule has 0 aliphatic carbocycles. The number of hydrogen-bond acceptors (Lipinski definition) is 5. The second-order valence-electron chi connectivity index (χ2n) is 6.21. The molecule has 2 aromatic rings. The molecule has 2 aromatic carbocycles. The summed E-state index contributed by atoms with van der Waals surface area (Å²) in [6.07, 6.45) is 0.857. The van der Waals surface area contributed by atoms with Crippen molar-refractivity contribution in [2.24, 2.45) is 0 Å². The third-order valence-electron chi connectivity index (χ3n) is 3.74. The van der Waals surface area contributed by atoms with E-state index in [1.54, 1.807) is 12.1 Å². The van der Waals surface area contributed by atoms with Crippen molar-refractivity contribution in [3.8, 4) is 0 Å². The molecule has 2 N–H and O–H groups in total. The van der Waals surface area contributed by atoms with E-state index >= 15 is 0 Å². The topological polar surface area (TPSA) is 64.7 Å². The third kappa shape index (κ3) is 4.45. The van der Waals surface area contributed by atoms with E-state index in [1.807, 2.05) is 57.4 Å². The van der Waals surface area contributed by atoms with Gasteiger partial charge in [-0.05, 0) is 39.2 Å². The Morgan fingerprint density at radius 3 is 2.29 bits per heavy atom. The van der Waals surface area contributed by atoms with E-state index in [0.717, 1.165) is 24.0 Å². The van der Waals surface area contributed by atoms with Crippen LogP contribution in [0.2, 0.25) is 0 Å². The van der Waals surface area contributed by atoms with E-state index < -0.39 is 10.0 Å². The Labute approximate surface area is 144 Å². The number of nitrogens with one attached hydrogen (secondary N) is 2. The molecular formula is C17H26N4O2S. The first kappa shape index (κ1) is 18.7. The van der Waals surface area contributed by atoms with Gasteiger partial charge in [0.05, 0.1) is 4.90 Å². The normalized spacial score (nSPS) is 12.0. The van der Waals surface area contributed by atoms with Crippen molar-refractivity contribution in [1.29, 1.82) is 0 Å². The fourth-order valence-electron chi connectivity index (χ4n) is 2.57. The Balaban J connectivity index is 2.23. The molecule has 7 heteroatoms. The Morgan fingerprint density at radius 2 is 1.62 bits per heavy atom. The van der Waals surface area contributed by atoms with Gasteiger partial charge in [-0.2, -0.15) is 0 Å². The molecule has 0 amide bonds. The van der Waals surface area contributed by atoms with Crippen LogP contribution in [0, 0.1) is 0 Å². The smallest absolute Gasteiger partial charge is 0.253 e. The summed E-state index contributed by atoms with van der Waals surface area (Å²) >= 11 is 0. The van der Waals surface area contributed by atoms with E-state index in [2.05, 4.69) is 15.2 Å².